The summed E-state index contributed by atoms with van der Waals surface area (Å²) in [6, 6.07) is 0.288. The summed E-state index contributed by atoms with van der Waals surface area (Å²) in [5.74, 6) is 0.0534. The fraction of sp³-hybridized carbons (Fsp3) is 0.900. The lowest BCUT2D eigenvalue weighted by molar-refractivity contribution is -0.131. The lowest BCUT2D eigenvalue weighted by Gasteiger charge is -2.29. The standard InChI is InChI=1S/C10H20ClNO2/c1-4-9(5-2)12(6-7-14-3)10(13)8-11/h9H,4-8H2,1-3H3. The molecule has 0 heterocycles. The molecule has 0 saturated carbocycles. The van der Waals surface area contributed by atoms with Crippen molar-refractivity contribution in [3.05, 3.63) is 0 Å². The number of hydrogen-bond donors (Lipinski definition) is 0. The van der Waals surface area contributed by atoms with Crippen molar-refractivity contribution in [2.45, 2.75) is 32.7 Å². The Balaban J connectivity index is 4.27. The van der Waals surface area contributed by atoms with Crippen LogP contribution in [-0.2, 0) is 9.53 Å². The maximum absolute atomic E-state index is 11.5. The Kier molecular flexibility index (Phi) is 7.90. The number of ether oxygens (including phenoxy) is 1. The second-order valence-electron chi connectivity index (χ2n) is 3.18. The summed E-state index contributed by atoms with van der Waals surface area (Å²) in [7, 11) is 1.64. The van der Waals surface area contributed by atoms with Crippen LogP contribution in [-0.4, -0.2) is 43.0 Å². The molecule has 0 atom stereocenters. The molecule has 0 unspecified atom stereocenters. The van der Waals surface area contributed by atoms with Gasteiger partial charge in [0.2, 0.25) is 5.91 Å². The molecule has 0 aromatic heterocycles. The highest BCUT2D eigenvalue weighted by molar-refractivity contribution is 6.27. The zero-order valence-electron chi connectivity index (χ0n) is 9.25. The summed E-state index contributed by atoms with van der Waals surface area (Å²) in [6.45, 7) is 5.36. The number of hydrogen-bond acceptors (Lipinski definition) is 2. The predicted molar refractivity (Wildman–Crippen MR) is 58.7 cm³/mol. The first-order valence-corrected chi connectivity index (χ1v) is 5.59. The summed E-state index contributed by atoms with van der Waals surface area (Å²) in [5.41, 5.74) is 0. The Hall–Kier alpha value is -0.280. The lowest BCUT2D eigenvalue weighted by Crippen LogP contribution is -2.42. The third kappa shape index (κ3) is 4.29. The van der Waals surface area contributed by atoms with E-state index in [9.17, 15) is 4.79 Å². The van der Waals surface area contributed by atoms with Gasteiger partial charge in [-0.3, -0.25) is 4.79 Å². The van der Waals surface area contributed by atoms with E-state index in [1.54, 1.807) is 7.11 Å². The molecule has 0 saturated heterocycles. The Morgan fingerprint density at radius 1 is 1.43 bits per heavy atom. The number of amides is 1. The van der Waals surface area contributed by atoms with Gasteiger partial charge in [0.1, 0.15) is 5.88 Å². The molecular weight excluding hydrogens is 202 g/mol. The number of carbonyl (C=O) groups excluding carboxylic acids is 1. The molecule has 84 valence electrons. The van der Waals surface area contributed by atoms with Gasteiger partial charge >= 0.3 is 0 Å². The van der Waals surface area contributed by atoms with Crippen molar-refractivity contribution in [3.8, 4) is 0 Å². The van der Waals surface area contributed by atoms with Gasteiger partial charge in [-0.25, -0.2) is 0 Å². The van der Waals surface area contributed by atoms with E-state index in [0.29, 0.717) is 13.2 Å². The van der Waals surface area contributed by atoms with Crippen LogP contribution in [0, 0.1) is 0 Å². The minimum atomic E-state index is -0.00239. The third-order valence-corrected chi connectivity index (χ3v) is 2.58. The average molecular weight is 222 g/mol. The zero-order chi connectivity index (χ0) is 11.0. The summed E-state index contributed by atoms with van der Waals surface area (Å²) in [5, 5.41) is 0. The molecule has 14 heavy (non-hydrogen) atoms. The second kappa shape index (κ2) is 8.06. The molecule has 3 nitrogen and oxygen atoms in total. The van der Waals surface area contributed by atoms with Crippen molar-refractivity contribution in [1.29, 1.82) is 0 Å². The molecule has 0 aliphatic carbocycles. The van der Waals surface area contributed by atoms with Crippen molar-refractivity contribution in [2.75, 3.05) is 26.1 Å². The highest BCUT2D eigenvalue weighted by atomic mass is 35.5. The van der Waals surface area contributed by atoms with Crippen molar-refractivity contribution < 1.29 is 9.53 Å². The highest BCUT2D eigenvalue weighted by Crippen LogP contribution is 2.09. The van der Waals surface area contributed by atoms with E-state index in [1.807, 2.05) is 4.90 Å². The Labute approximate surface area is 91.4 Å². The van der Waals surface area contributed by atoms with Crippen molar-refractivity contribution in [2.24, 2.45) is 0 Å². The molecule has 0 aliphatic heterocycles. The van der Waals surface area contributed by atoms with E-state index < -0.39 is 0 Å². The van der Waals surface area contributed by atoms with Gasteiger partial charge in [0, 0.05) is 19.7 Å². The minimum Gasteiger partial charge on any atom is -0.383 e. The largest absolute Gasteiger partial charge is 0.383 e. The predicted octanol–water partition coefficient (Wildman–Crippen LogP) is 1.89. The van der Waals surface area contributed by atoms with E-state index in [4.69, 9.17) is 16.3 Å². The van der Waals surface area contributed by atoms with Crippen LogP contribution in [0.4, 0.5) is 0 Å². The van der Waals surface area contributed by atoms with Gasteiger partial charge in [0.15, 0.2) is 0 Å². The maximum Gasteiger partial charge on any atom is 0.237 e. The van der Waals surface area contributed by atoms with Gasteiger partial charge in [-0.2, -0.15) is 0 Å². The summed E-state index contributed by atoms with van der Waals surface area (Å²) in [6.07, 6.45) is 1.92. The highest BCUT2D eigenvalue weighted by Gasteiger charge is 2.19. The second-order valence-corrected chi connectivity index (χ2v) is 3.45. The van der Waals surface area contributed by atoms with Crippen LogP contribution < -0.4 is 0 Å². The van der Waals surface area contributed by atoms with Crippen molar-refractivity contribution in [3.63, 3.8) is 0 Å². The van der Waals surface area contributed by atoms with Gasteiger partial charge in [-0.15, -0.1) is 11.6 Å². The van der Waals surface area contributed by atoms with Crippen LogP contribution in [0.3, 0.4) is 0 Å². The Morgan fingerprint density at radius 2 is 2.00 bits per heavy atom. The number of carbonyl (C=O) groups is 1. The summed E-state index contributed by atoms with van der Waals surface area (Å²) >= 11 is 5.55. The van der Waals surface area contributed by atoms with Crippen LogP contribution >= 0.6 is 11.6 Å². The van der Waals surface area contributed by atoms with Crippen LogP contribution in [0.2, 0.25) is 0 Å². The van der Waals surface area contributed by atoms with Gasteiger partial charge in [0.05, 0.1) is 6.61 Å². The first kappa shape index (κ1) is 13.7. The van der Waals surface area contributed by atoms with E-state index in [0.717, 1.165) is 12.8 Å². The van der Waals surface area contributed by atoms with Gasteiger partial charge < -0.3 is 9.64 Å². The van der Waals surface area contributed by atoms with Gasteiger partial charge in [0.25, 0.3) is 0 Å². The van der Waals surface area contributed by atoms with Crippen LogP contribution in [0.15, 0.2) is 0 Å². The van der Waals surface area contributed by atoms with Crippen molar-refractivity contribution in [1.82, 2.24) is 4.90 Å². The quantitative estimate of drug-likeness (QED) is 0.615. The molecule has 0 aromatic rings. The molecule has 0 fully saturated rings. The van der Waals surface area contributed by atoms with E-state index in [2.05, 4.69) is 13.8 Å². The number of halogens is 1. The first-order chi connectivity index (χ1) is 6.71. The van der Waals surface area contributed by atoms with Crippen LogP contribution in [0.1, 0.15) is 26.7 Å². The topological polar surface area (TPSA) is 29.5 Å². The molecule has 0 radical (unpaired) electrons. The fourth-order valence-electron chi connectivity index (χ4n) is 1.51. The van der Waals surface area contributed by atoms with Crippen LogP contribution in [0.25, 0.3) is 0 Å². The third-order valence-electron chi connectivity index (χ3n) is 2.35. The molecule has 4 heteroatoms. The van der Waals surface area contributed by atoms with Gasteiger partial charge in [-0.1, -0.05) is 13.8 Å². The van der Waals surface area contributed by atoms with Crippen LogP contribution in [0.5, 0.6) is 0 Å². The normalized spacial score (nSPS) is 10.6. The maximum atomic E-state index is 11.5. The van der Waals surface area contributed by atoms with E-state index in [-0.39, 0.29) is 17.8 Å². The molecule has 0 N–H and O–H groups in total. The number of alkyl halides is 1. The van der Waals surface area contributed by atoms with E-state index in [1.165, 1.54) is 0 Å². The molecule has 0 aromatic carbocycles. The number of methoxy groups -OCH3 is 1. The zero-order valence-corrected chi connectivity index (χ0v) is 10.0. The van der Waals surface area contributed by atoms with Gasteiger partial charge in [-0.05, 0) is 12.8 Å². The summed E-state index contributed by atoms with van der Waals surface area (Å²) < 4.78 is 4.97. The molecule has 1 amide bonds. The first-order valence-electron chi connectivity index (χ1n) is 5.05. The SMILES string of the molecule is CCC(CC)N(CCOC)C(=O)CCl. The minimum absolute atomic E-state index is 0.00239. The monoisotopic (exact) mass is 221 g/mol. The molecule has 0 spiro atoms. The number of nitrogens with zero attached hydrogens (tertiary/aromatic N) is 1. The molecule has 0 rings (SSSR count). The lowest BCUT2D eigenvalue weighted by atomic mass is 10.1. The molecular formula is C10H20ClNO2. The smallest absolute Gasteiger partial charge is 0.237 e. The molecule has 0 aliphatic rings. The average Bonchev–Trinajstić information content (AvgIpc) is 2.23. The van der Waals surface area contributed by atoms with E-state index >= 15 is 0 Å². The number of rotatable bonds is 7. The fourth-order valence-corrected chi connectivity index (χ4v) is 1.66. The van der Waals surface area contributed by atoms with Crippen molar-refractivity contribution >= 4 is 17.5 Å². The molecule has 0 bridgehead atoms. The summed E-state index contributed by atoms with van der Waals surface area (Å²) in [4.78, 5) is 13.3. The Bertz CT molecular complexity index is 160. The Morgan fingerprint density at radius 3 is 2.36 bits per heavy atom.